The van der Waals surface area contributed by atoms with Crippen molar-refractivity contribution in [3.8, 4) is 0 Å². The molecular formula is C17H17NS. The van der Waals surface area contributed by atoms with Gasteiger partial charge in [-0.3, -0.25) is 0 Å². The van der Waals surface area contributed by atoms with Gasteiger partial charge in [0, 0.05) is 5.92 Å². The van der Waals surface area contributed by atoms with Crippen molar-refractivity contribution in [3.05, 3.63) is 65.7 Å². The fraction of sp³-hybridized carbons (Fsp3) is 0.235. The molecule has 0 radical (unpaired) electrons. The van der Waals surface area contributed by atoms with Gasteiger partial charge in [0.25, 0.3) is 0 Å². The summed E-state index contributed by atoms with van der Waals surface area (Å²) in [6.07, 6.45) is 4.37. The molecule has 1 aliphatic heterocycles. The van der Waals surface area contributed by atoms with Crippen LogP contribution < -0.4 is 0 Å². The predicted molar refractivity (Wildman–Crippen MR) is 84.6 cm³/mol. The van der Waals surface area contributed by atoms with Crippen molar-refractivity contribution in [1.82, 2.24) is 0 Å². The Labute approximate surface area is 118 Å². The van der Waals surface area contributed by atoms with Gasteiger partial charge < -0.3 is 0 Å². The quantitative estimate of drug-likeness (QED) is 0.722. The van der Waals surface area contributed by atoms with E-state index < -0.39 is 0 Å². The summed E-state index contributed by atoms with van der Waals surface area (Å²) in [4.78, 5) is 4.90. The summed E-state index contributed by atoms with van der Waals surface area (Å²) in [7, 11) is 0. The molecule has 1 heterocycles. The van der Waals surface area contributed by atoms with Crippen LogP contribution in [0, 0.1) is 0 Å². The zero-order valence-corrected chi connectivity index (χ0v) is 11.9. The fourth-order valence-electron chi connectivity index (χ4n) is 2.63. The molecule has 0 spiro atoms. The third-order valence-corrected chi connectivity index (χ3v) is 4.43. The largest absolute Gasteiger partial charge is 0.246 e. The van der Waals surface area contributed by atoms with Crippen molar-refractivity contribution < 1.29 is 0 Å². The monoisotopic (exact) mass is 267 g/mol. The third-order valence-electron chi connectivity index (χ3n) is 3.63. The second-order valence-electron chi connectivity index (χ2n) is 4.78. The summed E-state index contributed by atoms with van der Waals surface area (Å²) in [5.41, 5.74) is 3.89. The average Bonchev–Trinajstić information content (AvgIpc) is 2.67. The van der Waals surface area contributed by atoms with E-state index in [1.807, 2.05) is 0 Å². The minimum atomic E-state index is 0.434. The molecule has 0 saturated heterocycles. The summed E-state index contributed by atoms with van der Waals surface area (Å²) in [5.74, 6) is 0.434. The molecule has 3 rings (SSSR count). The normalized spacial score (nSPS) is 18.4. The van der Waals surface area contributed by atoms with Crippen molar-refractivity contribution in [2.45, 2.75) is 18.8 Å². The van der Waals surface area contributed by atoms with Crippen molar-refractivity contribution in [2.24, 2.45) is 4.99 Å². The van der Waals surface area contributed by atoms with Gasteiger partial charge in [-0.25, -0.2) is 4.99 Å². The highest BCUT2D eigenvalue weighted by Gasteiger charge is 2.21. The van der Waals surface area contributed by atoms with Crippen LogP contribution in [0.25, 0.3) is 0 Å². The maximum Gasteiger partial charge on any atom is 0.0811 e. The highest BCUT2D eigenvalue weighted by molar-refractivity contribution is 8.13. The predicted octanol–water partition coefficient (Wildman–Crippen LogP) is 4.81. The Morgan fingerprint density at radius 1 is 1.00 bits per heavy atom. The number of rotatable bonds is 1. The van der Waals surface area contributed by atoms with E-state index in [9.17, 15) is 0 Å². The first-order valence-electron chi connectivity index (χ1n) is 6.64. The molecule has 0 bridgehead atoms. The maximum absolute atomic E-state index is 4.90. The van der Waals surface area contributed by atoms with E-state index in [2.05, 4.69) is 60.9 Å². The van der Waals surface area contributed by atoms with E-state index in [4.69, 9.17) is 4.99 Å². The van der Waals surface area contributed by atoms with Crippen LogP contribution in [0.4, 0.5) is 5.69 Å². The lowest BCUT2D eigenvalue weighted by atomic mass is 9.94. The molecule has 19 heavy (non-hydrogen) atoms. The summed E-state index contributed by atoms with van der Waals surface area (Å²) in [5, 5.41) is 1.23. The van der Waals surface area contributed by atoms with Crippen LogP contribution in [0.2, 0.25) is 0 Å². The van der Waals surface area contributed by atoms with Gasteiger partial charge in [0.05, 0.1) is 10.7 Å². The molecule has 0 aliphatic carbocycles. The minimum Gasteiger partial charge on any atom is -0.246 e. The molecule has 2 aromatic rings. The number of hydrogen-bond acceptors (Lipinski definition) is 2. The molecule has 0 aromatic heterocycles. The SMILES string of the molecule is CSC1=Nc2ccccc2CC[C@H]1c1ccccc1. The van der Waals surface area contributed by atoms with Crippen LogP contribution in [0.15, 0.2) is 59.6 Å². The van der Waals surface area contributed by atoms with Gasteiger partial charge in [0.15, 0.2) is 0 Å². The number of aryl methyl sites for hydroxylation is 1. The fourth-order valence-corrected chi connectivity index (χ4v) is 3.36. The summed E-state index contributed by atoms with van der Waals surface area (Å²) < 4.78 is 0. The van der Waals surface area contributed by atoms with Gasteiger partial charge in [-0.1, -0.05) is 48.5 Å². The van der Waals surface area contributed by atoms with Gasteiger partial charge in [-0.15, -0.1) is 11.8 Å². The second kappa shape index (κ2) is 5.62. The molecule has 0 fully saturated rings. The maximum atomic E-state index is 4.90. The zero-order chi connectivity index (χ0) is 13.1. The van der Waals surface area contributed by atoms with E-state index in [1.165, 1.54) is 16.2 Å². The highest BCUT2D eigenvalue weighted by Crippen LogP contribution is 2.35. The number of fused-ring (bicyclic) bond motifs is 1. The van der Waals surface area contributed by atoms with Gasteiger partial charge in [0.2, 0.25) is 0 Å². The van der Waals surface area contributed by atoms with Gasteiger partial charge in [0.1, 0.15) is 0 Å². The van der Waals surface area contributed by atoms with Crippen molar-refractivity contribution in [3.63, 3.8) is 0 Å². The molecule has 0 saturated carbocycles. The van der Waals surface area contributed by atoms with Gasteiger partial charge >= 0.3 is 0 Å². The van der Waals surface area contributed by atoms with Crippen LogP contribution in [0.5, 0.6) is 0 Å². The van der Waals surface area contributed by atoms with Gasteiger partial charge in [-0.2, -0.15) is 0 Å². The standard InChI is InChI=1S/C17H17NS/c1-19-17-15(13-7-3-2-4-8-13)12-11-14-9-5-6-10-16(14)18-17/h2-10,15H,11-12H2,1H3/t15-/m0/s1. The number of benzene rings is 2. The topological polar surface area (TPSA) is 12.4 Å². The van der Waals surface area contributed by atoms with Crippen molar-refractivity contribution >= 4 is 22.5 Å². The Bertz CT molecular complexity index is 589. The zero-order valence-electron chi connectivity index (χ0n) is 11.0. The molecule has 96 valence electrons. The van der Waals surface area contributed by atoms with Crippen LogP contribution in [-0.4, -0.2) is 11.3 Å². The summed E-state index contributed by atoms with van der Waals surface area (Å²) in [6, 6.07) is 19.2. The lowest BCUT2D eigenvalue weighted by Gasteiger charge is -2.16. The molecule has 0 N–H and O–H groups in total. The van der Waals surface area contributed by atoms with Crippen molar-refractivity contribution in [1.29, 1.82) is 0 Å². The molecule has 1 atom stereocenters. The van der Waals surface area contributed by atoms with E-state index >= 15 is 0 Å². The second-order valence-corrected chi connectivity index (χ2v) is 5.61. The Kier molecular flexibility index (Phi) is 3.69. The average molecular weight is 267 g/mol. The first-order chi connectivity index (χ1) is 9.38. The number of hydrogen-bond donors (Lipinski definition) is 0. The number of nitrogens with zero attached hydrogens (tertiary/aromatic N) is 1. The molecule has 0 unspecified atom stereocenters. The smallest absolute Gasteiger partial charge is 0.0811 e. The lowest BCUT2D eigenvalue weighted by Crippen LogP contribution is -2.08. The highest BCUT2D eigenvalue weighted by atomic mass is 32.2. The molecule has 0 amide bonds. The Morgan fingerprint density at radius 3 is 2.53 bits per heavy atom. The van der Waals surface area contributed by atoms with Crippen LogP contribution in [0.3, 0.4) is 0 Å². The van der Waals surface area contributed by atoms with E-state index in [1.54, 1.807) is 11.8 Å². The van der Waals surface area contributed by atoms with Crippen molar-refractivity contribution in [2.75, 3.05) is 6.26 Å². The summed E-state index contributed by atoms with van der Waals surface area (Å²) in [6.45, 7) is 0. The molecular weight excluding hydrogens is 250 g/mol. The lowest BCUT2D eigenvalue weighted by molar-refractivity contribution is 0.782. The minimum absolute atomic E-state index is 0.434. The van der Waals surface area contributed by atoms with Crippen LogP contribution in [-0.2, 0) is 6.42 Å². The molecule has 2 aromatic carbocycles. The Balaban J connectivity index is 2.02. The Hall–Kier alpha value is -1.54. The van der Waals surface area contributed by atoms with E-state index in [-0.39, 0.29) is 0 Å². The Morgan fingerprint density at radius 2 is 1.74 bits per heavy atom. The third kappa shape index (κ3) is 2.59. The van der Waals surface area contributed by atoms with E-state index in [0.29, 0.717) is 5.92 Å². The first kappa shape index (κ1) is 12.5. The molecule has 2 heteroatoms. The van der Waals surface area contributed by atoms with Crippen LogP contribution >= 0.6 is 11.8 Å². The van der Waals surface area contributed by atoms with E-state index in [0.717, 1.165) is 18.5 Å². The number of aliphatic imine (C=N–C) groups is 1. The van der Waals surface area contributed by atoms with Gasteiger partial charge in [-0.05, 0) is 36.3 Å². The van der Waals surface area contributed by atoms with Crippen LogP contribution in [0.1, 0.15) is 23.5 Å². The number of thioether (sulfide) groups is 1. The number of para-hydroxylation sites is 1. The summed E-state index contributed by atoms with van der Waals surface area (Å²) >= 11 is 1.78. The first-order valence-corrected chi connectivity index (χ1v) is 7.86. The molecule has 1 aliphatic rings. The molecule has 1 nitrogen and oxygen atoms in total.